The first kappa shape index (κ1) is 9.16. The van der Waals surface area contributed by atoms with E-state index in [2.05, 4.69) is 27.8 Å². The number of pyridine rings is 1. The zero-order chi connectivity index (χ0) is 10.1. The summed E-state index contributed by atoms with van der Waals surface area (Å²) in [5, 5.41) is 6.97. The van der Waals surface area contributed by atoms with Gasteiger partial charge in [-0.15, -0.1) is 11.3 Å². The van der Waals surface area contributed by atoms with Crippen LogP contribution in [0.15, 0.2) is 23.7 Å². The van der Waals surface area contributed by atoms with Crippen LogP contribution in [0, 0.1) is 0 Å². The number of rotatable bonds is 2. The van der Waals surface area contributed by atoms with Crippen LogP contribution in [-0.4, -0.2) is 11.0 Å². The summed E-state index contributed by atoms with van der Waals surface area (Å²) in [6.45, 7) is 0. The van der Waals surface area contributed by atoms with Crippen LogP contribution >= 0.6 is 11.3 Å². The van der Waals surface area contributed by atoms with Crippen LogP contribution in [0.2, 0.25) is 0 Å². The van der Waals surface area contributed by atoms with Gasteiger partial charge >= 0.3 is 0 Å². The Labute approximate surface area is 93.3 Å². The van der Waals surface area contributed by atoms with E-state index < -0.39 is 0 Å². The first-order valence-electron chi connectivity index (χ1n) is 5.52. The smallest absolute Gasteiger partial charge is 0.134 e. The maximum Gasteiger partial charge on any atom is 0.134 e. The molecule has 0 saturated heterocycles. The molecule has 0 aromatic carbocycles. The van der Waals surface area contributed by atoms with Crippen molar-refractivity contribution in [2.75, 3.05) is 5.32 Å². The average molecular weight is 218 g/mol. The van der Waals surface area contributed by atoms with Gasteiger partial charge in [0.25, 0.3) is 0 Å². The van der Waals surface area contributed by atoms with Gasteiger partial charge in [-0.25, -0.2) is 4.98 Å². The lowest BCUT2D eigenvalue weighted by Gasteiger charge is -2.12. The van der Waals surface area contributed by atoms with Gasteiger partial charge in [0.2, 0.25) is 0 Å². The highest BCUT2D eigenvalue weighted by atomic mass is 32.1. The number of aromatic nitrogens is 1. The van der Waals surface area contributed by atoms with Crippen LogP contribution < -0.4 is 5.32 Å². The Morgan fingerprint density at radius 2 is 2.13 bits per heavy atom. The van der Waals surface area contributed by atoms with Crippen molar-refractivity contribution in [3.05, 3.63) is 23.7 Å². The molecule has 0 atom stereocenters. The summed E-state index contributed by atoms with van der Waals surface area (Å²) in [5.41, 5.74) is 0. The molecule has 0 bridgehead atoms. The van der Waals surface area contributed by atoms with Crippen LogP contribution in [0.3, 0.4) is 0 Å². The first-order chi connectivity index (χ1) is 7.43. The van der Waals surface area contributed by atoms with Crippen LogP contribution in [-0.2, 0) is 0 Å². The molecule has 0 spiro atoms. The van der Waals surface area contributed by atoms with Crippen molar-refractivity contribution >= 4 is 27.2 Å². The van der Waals surface area contributed by atoms with E-state index in [0.717, 1.165) is 5.82 Å². The predicted molar refractivity (Wildman–Crippen MR) is 65.5 cm³/mol. The van der Waals surface area contributed by atoms with Crippen LogP contribution in [0.5, 0.6) is 0 Å². The molecule has 2 aromatic heterocycles. The minimum absolute atomic E-state index is 0.642. The lowest BCUT2D eigenvalue weighted by Crippen LogP contribution is -2.15. The average Bonchev–Trinajstić information content (AvgIpc) is 2.87. The molecule has 2 heterocycles. The molecule has 1 aliphatic rings. The second-order valence-corrected chi connectivity index (χ2v) is 5.07. The minimum atomic E-state index is 0.642. The third kappa shape index (κ3) is 1.72. The normalized spacial score (nSPS) is 17.3. The van der Waals surface area contributed by atoms with E-state index in [9.17, 15) is 0 Å². The van der Waals surface area contributed by atoms with Crippen molar-refractivity contribution in [2.45, 2.75) is 31.7 Å². The summed E-state index contributed by atoms with van der Waals surface area (Å²) < 4.78 is 1.32. The molecule has 0 amide bonds. The summed E-state index contributed by atoms with van der Waals surface area (Å²) in [4.78, 5) is 4.44. The van der Waals surface area contributed by atoms with Gasteiger partial charge in [-0.2, -0.15) is 0 Å². The quantitative estimate of drug-likeness (QED) is 0.832. The molecule has 1 fully saturated rings. The monoisotopic (exact) mass is 218 g/mol. The summed E-state index contributed by atoms with van der Waals surface area (Å²) >= 11 is 1.78. The maximum atomic E-state index is 4.44. The second-order valence-electron chi connectivity index (χ2n) is 4.12. The highest BCUT2D eigenvalue weighted by Gasteiger charge is 2.15. The molecule has 3 heteroatoms. The van der Waals surface area contributed by atoms with Crippen molar-refractivity contribution in [1.82, 2.24) is 4.98 Å². The number of hydrogen-bond donors (Lipinski definition) is 1. The fourth-order valence-corrected chi connectivity index (χ4v) is 3.06. The van der Waals surface area contributed by atoms with Gasteiger partial charge in [0, 0.05) is 22.3 Å². The topological polar surface area (TPSA) is 24.9 Å². The summed E-state index contributed by atoms with van der Waals surface area (Å²) in [6, 6.07) is 4.88. The molecule has 1 aliphatic carbocycles. The molecule has 0 radical (unpaired) electrons. The number of nitrogens with one attached hydrogen (secondary N) is 1. The molecule has 15 heavy (non-hydrogen) atoms. The van der Waals surface area contributed by atoms with Crippen molar-refractivity contribution in [1.29, 1.82) is 0 Å². The molecule has 2 nitrogen and oxygen atoms in total. The van der Waals surface area contributed by atoms with Crippen LogP contribution in [0.25, 0.3) is 10.1 Å². The molecular weight excluding hydrogens is 204 g/mol. The Hall–Kier alpha value is -1.09. The number of thiophene rings is 1. The zero-order valence-corrected chi connectivity index (χ0v) is 9.39. The van der Waals surface area contributed by atoms with Crippen molar-refractivity contribution in [2.24, 2.45) is 0 Å². The molecule has 0 unspecified atom stereocenters. The zero-order valence-electron chi connectivity index (χ0n) is 8.57. The number of nitrogens with zero attached hydrogens (tertiary/aromatic N) is 1. The van der Waals surface area contributed by atoms with Gasteiger partial charge in [-0.3, -0.25) is 0 Å². The Balaban J connectivity index is 1.92. The SMILES string of the molecule is c1cc2sccc2c(NC2CCCC2)n1. The highest BCUT2D eigenvalue weighted by Crippen LogP contribution is 2.28. The Morgan fingerprint density at radius 3 is 3.00 bits per heavy atom. The first-order valence-corrected chi connectivity index (χ1v) is 6.40. The third-order valence-corrected chi connectivity index (χ3v) is 3.96. The Bertz CT molecular complexity index is 457. The number of anilines is 1. The van der Waals surface area contributed by atoms with E-state index in [4.69, 9.17) is 0 Å². The fraction of sp³-hybridized carbons (Fsp3) is 0.417. The largest absolute Gasteiger partial charge is 0.367 e. The lowest BCUT2D eigenvalue weighted by atomic mass is 10.2. The van der Waals surface area contributed by atoms with E-state index in [1.165, 1.54) is 35.8 Å². The van der Waals surface area contributed by atoms with Crippen LogP contribution in [0.4, 0.5) is 5.82 Å². The van der Waals surface area contributed by atoms with Crippen molar-refractivity contribution < 1.29 is 0 Å². The molecule has 1 N–H and O–H groups in total. The van der Waals surface area contributed by atoms with E-state index in [-0.39, 0.29) is 0 Å². The van der Waals surface area contributed by atoms with Gasteiger partial charge in [0.1, 0.15) is 5.82 Å². The molecular formula is C12H14N2S. The van der Waals surface area contributed by atoms with Crippen LogP contribution in [0.1, 0.15) is 25.7 Å². The molecule has 1 saturated carbocycles. The summed E-state index contributed by atoms with van der Waals surface area (Å²) in [6.07, 6.45) is 7.20. The number of fused-ring (bicyclic) bond motifs is 1. The van der Waals surface area contributed by atoms with Crippen molar-refractivity contribution in [3.63, 3.8) is 0 Å². The summed E-state index contributed by atoms with van der Waals surface area (Å²) in [7, 11) is 0. The minimum Gasteiger partial charge on any atom is -0.367 e. The standard InChI is InChI=1S/C12H14N2S/c1-2-4-9(3-1)14-12-10-6-8-15-11(10)5-7-13-12/h5-9H,1-4H2,(H,13,14). The second kappa shape index (κ2) is 3.81. The van der Waals surface area contributed by atoms with Gasteiger partial charge in [-0.05, 0) is 30.4 Å². The highest BCUT2D eigenvalue weighted by molar-refractivity contribution is 7.17. The molecule has 78 valence electrons. The number of hydrogen-bond acceptors (Lipinski definition) is 3. The van der Waals surface area contributed by atoms with Gasteiger partial charge in [-0.1, -0.05) is 12.8 Å². The van der Waals surface area contributed by atoms with Gasteiger partial charge in [0.05, 0.1) is 0 Å². The predicted octanol–water partition coefficient (Wildman–Crippen LogP) is 3.65. The van der Waals surface area contributed by atoms with E-state index >= 15 is 0 Å². The van der Waals surface area contributed by atoms with E-state index in [1.807, 2.05) is 6.20 Å². The Morgan fingerprint density at radius 1 is 1.27 bits per heavy atom. The van der Waals surface area contributed by atoms with Gasteiger partial charge in [0.15, 0.2) is 0 Å². The van der Waals surface area contributed by atoms with E-state index in [1.54, 1.807) is 11.3 Å². The maximum absolute atomic E-state index is 4.44. The van der Waals surface area contributed by atoms with Gasteiger partial charge < -0.3 is 5.32 Å². The Kier molecular flexibility index (Phi) is 2.33. The molecule has 3 rings (SSSR count). The molecule has 0 aliphatic heterocycles. The van der Waals surface area contributed by atoms with E-state index in [0.29, 0.717) is 6.04 Å². The third-order valence-electron chi connectivity index (χ3n) is 3.08. The molecule has 2 aromatic rings. The fourth-order valence-electron chi connectivity index (χ4n) is 2.27. The lowest BCUT2D eigenvalue weighted by molar-refractivity contribution is 0.752. The van der Waals surface area contributed by atoms with Crippen molar-refractivity contribution in [3.8, 4) is 0 Å². The summed E-state index contributed by atoms with van der Waals surface area (Å²) in [5.74, 6) is 1.07.